The monoisotopic (exact) mass is 482 g/mol. The van der Waals surface area contributed by atoms with Gasteiger partial charge in [0.05, 0.1) is 23.6 Å². The third-order valence-corrected chi connectivity index (χ3v) is 6.19. The minimum absolute atomic E-state index is 0.0375. The second-order valence-electron chi connectivity index (χ2n) is 7.21. The van der Waals surface area contributed by atoms with Crippen LogP contribution in [0.5, 0.6) is 5.75 Å². The average Bonchev–Trinajstić information content (AvgIpc) is 2.78. The molecule has 5 nitrogen and oxygen atoms in total. The lowest BCUT2D eigenvalue weighted by Gasteiger charge is -2.24. The molecule has 2 aromatic carbocycles. The highest BCUT2D eigenvalue weighted by atomic mass is 35.5. The van der Waals surface area contributed by atoms with Crippen LogP contribution in [-0.2, 0) is 6.42 Å². The van der Waals surface area contributed by atoms with E-state index in [1.165, 1.54) is 6.20 Å². The summed E-state index contributed by atoms with van der Waals surface area (Å²) in [6.07, 6.45) is 3.29. The van der Waals surface area contributed by atoms with E-state index in [1.54, 1.807) is 24.4 Å². The van der Waals surface area contributed by atoms with Gasteiger partial charge >= 0.3 is 0 Å². The minimum atomic E-state index is -0.575. The lowest BCUT2D eigenvalue weighted by atomic mass is 9.95. The number of nitrogens with zero attached hydrogens (tertiary/aromatic N) is 3. The molecular formula is C24H17Cl3N4O. The molecule has 4 aromatic rings. The van der Waals surface area contributed by atoms with Crippen LogP contribution in [0.25, 0.3) is 10.9 Å². The van der Waals surface area contributed by atoms with E-state index in [9.17, 15) is 10.4 Å². The molecule has 0 aliphatic carbocycles. The number of phenols is 1. The Morgan fingerprint density at radius 3 is 2.59 bits per heavy atom. The first kappa shape index (κ1) is 22.2. The van der Waals surface area contributed by atoms with Gasteiger partial charge in [-0.3, -0.25) is 4.98 Å². The lowest BCUT2D eigenvalue weighted by Crippen LogP contribution is -2.16. The lowest BCUT2D eigenvalue weighted by molar-refractivity contribution is 0.471. The van der Waals surface area contributed by atoms with Crippen LogP contribution in [0, 0.1) is 18.3 Å². The molecule has 2 N–H and O–H groups in total. The molecule has 0 saturated carbocycles. The number of phenolic OH excluding ortho intramolecular Hbond substituents is 1. The smallest absolute Gasteiger partial charge is 0.147 e. The predicted octanol–water partition coefficient (Wildman–Crippen LogP) is 6.87. The Kier molecular flexibility index (Phi) is 6.38. The highest BCUT2D eigenvalue weighted by Gasteiger charge is 2.24. The molecule has 8 heteroatoms. The number of halogens is 3. The van der Waals surface area contributed by atoms with E-state index in [0.717, 1.165) is 10.9 Å². The summed E-state index contributed by atoms with van der Waals surface area (Å²) in [4.78, 5) is 8.76. The average molecular weight is 484 g/mol. The van der Waals surface area contributed by atoms with Gasteiger partial charge in [-0.05, 0) is 41.8 Å². The molecule has 160 valence electrons. The van der Waals surface area contributed by atoms with Gasteiger partial charge in [0.15, 0.2) is 0 Å². The molecular weight excluding hydrogens is 467 g/mol. The summed E-state index contributed by atoms with van der Waals surface area (Å²) < 4.78 is 0. The molecule has 2 aromatic heterocycles. The quantitative estimate of drug-likeness (QED) is 0.323. The van der Waals surface area contributed by atoms with E-state index in [2.05, 4.69) is 21.4 Å². The van der Waals surface area contributed by atoms with Crippen LogP contribution in [0.4, 0.5) is 5.82 Å². The zero-order chi connectivity index (χ0) is 22.8. The van der Waals surface area contributed by atoms with Crippen molar-refractivity contribution in [1.29, 1.82) is 5.26 Å². The van der Waals surface area contributed by atoms with E-state index in [1.807, 2.05) is 31.2 Å². The van der Waals surface area contributed by atoms with Crippen LogP contribution < -0.4 is 5.32 Å². The number of aromatic hydroxyl groups is 1. The fourth-order valence-corrected chi connectivity index (χ4v) is 4.41. The maximum atomic E-state index is 11.1. The summed E-state index contributed by atoms with van der Waals surface area (Å²) in [6.45, 7) is 1.84. The van der Waals surface area contributed by atoms with Crippen molar-refractivity contribution in [2.45, 2.75) is 19.4 Å². The Hall–Kier alpha value is -3.04. The van der Waals surface area contributed by atoms with Crippen LogP contribution in [0.2, 0.25) is 15.1 Å². The first-order valence-electron chi connectivity index (χ1n) is 9.69. The number of aromatic nitrogens is 2. The van der Waals surface area contributed by atoms with Gasteiger partial charge in [0.2, 0.25) is 0 Å². The van der Waals surface area contributed by atoms with Crippen molar-refractivity contribution in [3.05, 3.63) is 92.2 Å². The number of fused-ring (bicyclic) bond motifs is 1. The fraction of sp³-hybridized carbons (Fsp3) is 0.125. The SMILES string of the molecule is Cc1c(NC(c2ccc(Cl)cc2Cl)c2ccc3cccnc3c2O)ncc(Cl)c1CC#N. The second-order valence-corrected chi connectivity index (χ2v) is 8.47. The number of rotatable bonds is 5. The van der Waals surface area contributed by atoms with Crippen molar-refractivity contribution in [2.75, 3.05) is 5.32 Å². The molecule has 32 heavy (non-hydrogen) atoms. The van der Waals surface area contributed by atoms with Gasteiger partial charge in [0.1, 0.15) is 17.1 Å². The van der Waals surface area contributed by atoms with Gasteiger partial charge in [-0.15, -0.1) is 0 Å². The Bertz CT molecular complexity index is 1370. The Morgan fingerprint density at radius 1 is 1.06 bits per heavy atom. The maximum Gasteiger partial charge on any atom is 0.147 e. The van der Waals surface area contributed by atoms with E-state index in [0.29, 0.717) is 43.1 Å². The fourth-order valence-electron chi connectivity index (χ4n) is 3.63. The van der Waals surface area contributed by atoms with Gasteiger partial charge in [-0.1, -0.05) is 59.1 Å². The summed E-state index contributed by atoms with van der Waals surface area (Å²) in [5.74, 6) is 0.562. The molecule has 0 radical (unpaired) electrons. The zero-order valence-corrected chi connectivity index (χ0v) is 19.2. The van der Waals surface area contributed by atoms with Gasteiger partial charge in [-0.2, -0.15) is 5.26 Å². The van der Waals surface area contributed by atoms with Crippen molar-refractivity contribution < 1.29 is 5.11 Å². The molecule has 0 saturated heterocycles. The number of anilines is 1. The molecule has 1 unspecified atom stereocenters. The van der Waals surface area contributed by atoms with Gasteiger partial charge in [-0.25, -0.2) is 4.98 Å². The van der Waals surface area contributed by atoms with Crippen molar-refractivity contribution in [3.63, 3.8) is 0 Å². The van der Waals surface area contributed by atoms with Gasteiger partial charge in [0, 0.05) is 33.4 Å². The molecule has 0 bridgehead atoms. The number of pyridine rings is 2. The summed E-state index contributed by atoms with van der Waals surface area (Å²) in [6, 6.07) is 14.1. The van der Waals surface area contributed by atoms with Crippen molar-refractivity contribution >= 4 is 51.5 Å². The first-order valence-corrected chi connectivity index (χ1v) is 10.8. The molecule has 0 aliphatic heterocycles. The number of nitrogens with one attached hydrogen (secondary N) is 1. The predicted molar refractivity (Wildman–Crippen MR) is 129 cm³/mol. The van der Waals surface area contributed by atoms with Crippen LogP contribution >= 0.6 is 34.8 Å². The molecule has 4 rings (SSSR count). The van der Waals surface area contributed by atoms with E-state index in [-0.39, 0.29) is 12.2 Å². The second kappa shape index (κ2) is 9.22. The highest BCUT2D eigenvalue weighted by molar-refractivity contribution is 6.35. The highest BCUT2D eigenvalue weighted by Crippen LogP contribution is 2.40. The molecule has 0 amide bonds. The van der Waals surface area contributed by atoms with Gasteiger partial charge in [0.25, 0.3) is 0 Å². The molecule has 0 aliphatic rings. The molecule has 0 spiro atoms. The largest absolute Gasteiger partial charge is 0.505 e. The molecule has 2 heterocycles. The van der Waals surface area contributed by atoms with Crippen molar-refractivity contribution in [1.82, 2.24) is 9.97 Å². The molecule has 1 atom stereocenters. The maximum absolute atomic E-state index is 11.1. The Labute approximate surface area is 200 Å². The van der Waals surface area contributed by atoms with E-state index >= 15 is 0 Å². The summed E-state index contributed by atoms with van der Waals surface area (Å²) in [7, 11) is 0. The summed E-state index contributed by atoms with van der Waals surface area (Å²) in [5, 5.41) is 25.8. The summed E-state index contributed by atoms with van der Waals surface area (Å²) in [5.41, 5.74) is 3.18. The number of benzene rings is 2. The van der Waals surface area contributed by atoms with Crippen LogP contribution in [0.1, 0.15) is 28.3 Å². The number of hydrogen-bond donors (Lipinski definition) is 2. The van der Waals surface area contributed by atoms with E-state index < -0.39 is 6.04 Å². The first-order chi connectivity index (χ1) is 15.4. The van der Waals surface area contributed by atoms with Crippen LogP contribution in [0.15, 0.2) is 54.9 Å². The standard InChI is InChI=1S/C24H17Cl3N4O/c1-13-16(8-9-28)20(27)12-30-24(13)31-22(17-7-5-15(25)11-19(17)26)18-6-4-14-3-2-10-29-21(14)23(18)32/h2-7,10-12,22,32H,8H2,1H3,(H,30,31). The third kappa shape index (κ3) is 4.18. The van der Waals surface area contributed by atoms with Gasteiger partial charge < -0.3 is 10.4 Å². The van der Waals surface area contributed by atoms with Crippen molar-refractivity contribution in [2.24, 2.45) is 0 Å². The van der Waals surface area contributed by atoms with Crippen molar-refractivity contribution in [3.8, 4) is 11.8 Å². The third-order valence-electron chi connectivity index (χ3n) is 5.30. The van der Waals surface area contributed by atoms with Crippen LogP contribution in [0.3, 0.4) is 0 Å². The van der Waals surface area contributed by atoms with Crippen LogP contribution in [-0.4, -0.2) is 15.1 Å². The molecule has 0 fully saturated rings. The van der Waals surface area contributed by atoms with E-state index in [4.69, 9.17) is 34.8 Å². The summed E-state index contributed by atoms with van der Waals surface area (Å²) >= 11 is 18.9. The topological polar surface area (TPSA) is 81.8 Å². The number of hydrogen-bond acceptors (Lipinski definition) is 5. The Morgan fingerprint density at radius 2 is 1.84 bits per heavy atom. The minimum Gasteiger partial charge on any atom is -0.505 e. The zero-order valence-electron chi connectivity index (χ0n) is 16.9. The number of nitriles is 1. The normalized spacial score (nSPS) is 11.8. The Balaban J connectivity index is 1.90.